The zero-order valence-electron chi connectivity index (χ0n) is 24.0. The van der Waals surface area contributed by atoms with Crippen molar-refractivity contribution in [1.82, 2.24) is 19.8 Å². The number of hydrogen-bond donors (Lipinski definition) is 2. The van der Waals surface area contributed by atoms with Crippen LogP contribution in [0.15, 0.2) is 35.2 Å². The molecule has 0 unspecified atom stereocenters. The number of anilines is 1. The highest BCUT2D eigenvalue weighted by atomic mass is 35.5. The Labute approximate surface area is 267 Å². The van der Waals surface area contributed by atoms with Crippen molar-refractivity contribution in [3.63, 3.8) is 0 Å². The number of nitrogens with zero attached hydrogens (tertiary/aromatic N) is 3. The van der Waals surface area contributed by atoms with Gasteiger partial charge in [0.1, 0.15) is 10.9 Å². The molecule has 5 rings (SSSR count). The van der Waals surface area contributed by atoms with E-state index in [0.29, 0.717) is 17.2 Å². The maximum atomic E-state index is 13.8. The van der Waals surface area contributed by atoms with Crippen molar-refractivity contribution >= 4 is 62.3 Å². The summed E-state index contributed by atoms with van der Waals surface area (Å²) in [5.41, 5.74) is -0.134. The van der Waals surface area contributed by atoms with Gasteiger partial charge in [-0.2, -0.15) is 13.5 Å². The Morgan fingerprint density at radius 1 is 1.02 bits per heavy atom. The molecule has 3 aliphatic rings. The van der Waals surface area contributed by atoms with Gasteiger partial charge in [-0.25, -0.2) is 8.42 Å². The molecule has 4 amide bonds. The second kappa shape index (κ2) is 14.0. The van der Waals surface area contributed by atoms with E-state index in [1.54, 1.807) is 4.90 Å². The number of carbonyl (C=O) groups excluding carboxylic acids is 4. The van der Waals surface area contributed by atoms with Crippen molar-refractivity contribution in [1.29, 1.82) is 0 Å². The lowest BCUT2D eigenvalue weighted by atomic mass is 10.1. The molecule has 17 heteroatoms. The van der Waals surface area contributed by atoms with Gasteiger partial charge < -0.3 is 24.8 Å². The molecule has 3 fully saturated rings. The largest absolute Gasteiger partial charge is 0.431 e. The van der Waals surface area contributed by atoms with Crippen LogP contribution < -0.4 is 19.7 Å². The van der Waals surface area contributed by atoms with Crippen molar-refractivity contribution in [2.45, 2.75) is 49.7 Å². The smallest absolute Gasteiger partial charge is 0.387 e. The first-order valence-corrected chi connectivity index (χ1v) is 17.1. The van der Waals surface area contributed by atoms with Gasteiger partial charge >= 0.3 is 6.61 Å². The molecule has 2 aliphatic heterocycles. The van der Waals surface area contributed by atoms with Crippen LogP contribution in [0, 0.1) is 5.92 Å². The monoisotopic (exact) mass is 687 g/mol. The standard InChI is InChI=1S/C28H32ClF2N5O7S2/c29-22-10-9-20(44-22)25(38)32-16-18(27(40)35-14-12-34(13-15-35)26(39)17-7-8-17)33-45(41,42)21-5-3-4-19(24(21)43-28(30)31)36-11-2-1-6-23(36)37/h3-5,9-10,17-18,28,33H,1-2,6-8,11-16H2,(H,32,38)/t18-/m0/s1. The molecule has 1 aliphatic carbocycles. The van der Waals surface area contributed by atoms with Crippen molar-refractivity contribution in [3.8, 4) is 5.75 Å². The molecule has 45 heavy (non-hydrogen) atoms. The van der Waals surface area contributed by atoms with Gasteiger partial charge in [0.15, 0.2) is 5.75 Å². The Balaban J connectivity index is 1.40. The minimum atomic E-state index is -4.76. The van der Waals surface area contributed by atoms with Gasteiger partial charge in [0, 0.05) is 51.6 Å². The van der Waals surface area contributed by atoms with E-state index in [0.717, 1.165) is 30.2 Å². The number of rotatable bonds is 11. The molecular weight excluding hydrogens is 656 g/mol. The van der Waals surface area contributed by atoms with Crippen LogP contribution in [0.2, 0.25) is 4.34 Å². The van der Waals surface area contributed by atoms with Gasteiger partial charge in [0.25, 0.3) is 5.91 Å². The van der Waals surface area contributed by atoms with Crippen molar-refractivity contribution in [2.75, 3.05) is 44.2 Å². The van der Waals surface area contributed by atoms with Crippen LogP contribution in [-0.2, 0) is 24.4 Å². The molecule has 1 aromatic heterocycles. The normalized spacial score (nSPS) is 18.2. The Bertz CT molecular complexity index is 1560. The molecule has 1 saturated carbocycles. The highest BCUT2D eigenvalue weighted by Crippen LogP contribution is 2.38. The quantitative estimate of drug-likeness (QED) is 0.370. The first kappa shape index (κ1) is 33.0. The van der Waals surface area contributed by atoms with Crippen LogP contribution >= 0.6 is 22.9 Å². The summed E-state index contributed by atoms with van der Waals surface area (Å²) in [7, 11) is -4.76. The average Bonchev–Trinajstić information content (AvgIpc) is 3.78. The molecule has 1 aromatic carbocycles. The summed E-state index contributed by atoms with van der Waals surface area (Å²) in [5.74, 6) is -2.35. The Morgan fingerprint density at radius 2 is 1.73 bits per heavy atom. The zero-order valence-corrected chi connectivity index (χ0v) is 26.4. The maximum absolute atomic E-state index is 13.8. The van der Waals surface area contributed by atoms with Gasteiger partial charge in [-0.05, 0) is 49.9 Å². The second-order valence-corrected chi connectivity index (χ2v) is 14.3. The minimum Gasteiger partial charge on any atom is -0.431 e. The average molecular weight is 688 g/mol. The third-order valence-electron chi connectivity index (χ3n) is 7.76. The van der Waals surface area contributed by atoms with E-state index in [2.05, 4.69) is 14.8 Å². The van der Waals surface area contributed by atoms with Crippen LogP contribution in [0.5, 0.6) is 5.75 Å². The predicted octanol–water partition coefficient (Wildman–Crippen LogP) is 2.68. The van der Waals surface area contributed by atoms with Gasteiger partial charge in [-0.3, -0.25) is 19.2 Å². The fourth-order valence-electron chi connectivity index (χ4n) is 5.30. The second-order valence-electron chi connectivity index (χ2n) is 10.9. The number of hydrogen-bond acceptors (Lipinski definition) is 8. The lowest BCUT2D eigenvalue weighted by molar-refractivity contribution is -0.141. The number of piperidine rings is 1. The molecule has 3 heterocycles. The SMILES string of the molecule is O=C(NC[C@H](NS(=O)(=O)c1cccc(N2CCCCC2=O)c1OC(F)F)C(=O)N1CCN(C(=O)C2CC2)CC1)c1ccc(Cl)s1. The number of carbonyl (C=O) groups is 4. The fourth-order valence-corrected chi connectivity index (χ4v) is 7.60. The summed E-state index contributed by atoms with van der Waals surface area (Å²) >= 11 is 6.92. The summed E-state index contributed by atoms with van der Waals surface area (Å²) in [6.45, 7) is -2.92. The number of piperazine rings is 1. The number of alkyl halides is 2. The van der Waals surface area contributed by atoms with Crippen LogP contribution in [0.4, 0.5) is 14.5 Å². The van der Waals surface area contributed by atoms with Gasteiger partial charge in [0.2, 0.25) is 27.7 Å². The van der Waals surface area contributed by atoms with Crippen LogP contribution in [0.1, 0.15) is 41.8 Å². The van der Waals surface area contributed by atoms with Crippen LogP contribution in [0.25, 0.3) is 0 Å². The number of halogens is 3. The number of sulfonamides is 1. The molecule has 0 bridgehead atoms. The van der Waals surface area contributed by atoms with Crippen LogP contribution in [-0.4, -0.2) is 93.8 Å². The van der Waals surface area contributed by atoms with E-state index in [9.17, 15) is 36.4 Å². The van der Waals surface area contributed by atoms with Gasteiger partial charge in [-0.1, -0.05) is 17.7 Å². The maximum Gasteiger partial charge on any atom is 0.387 e. The van der Waals surface area contributed by atoms with E-state index >= 15 is 0 Å². The number of ether oxygens (including phenoxy) is 1. The number of benzene rings is 1. The third-order valence-corrected chi connectivity index (χ3v) is 10.5. The van der Waals surface area contributed by atoms with Crippen molar-refractivity contribution in [3.05, 3.63) is 39.5 Å². The Morgan fingerprint density at radius 3 is 2.36 bits per heavy atom. The lowest BCUT2D eigenvalue weighted by Gasteiger charge is -2.36. The molecule has 0 radical (unpaired) electrons. The third kappa shape index (κ3) is 7.91. The predicted molar refractivity (Wildman–Crippen MR) is 161 cm³/mol. The van der Waals surface area contributed by atoms with Gasteiger partial charge in [-0.15, -0.1) is 11.3 Å². The first-order chi connectivity index (χ1) is 21.4. The number of thiophene rings is 1. The topological polar surface area (TPSA) is 145 Å². The Kier molecular flexibility index (Phi) is 10.3. The highest BCUT2D eigenvalue weighted by molar-refractivity contribution is 7.89. The summed E-state index contributed by atoms with van der Waals surface area (Å²) in [4.78, 5) is 55.4. The molecular formula is C28H32ClF2N5O7S2. The molecule has 0 spiro atoms. The van der Waals surface area contributed by atoms with E-state index in [1.165, 1.54) is 34.1 Å². The summed E-state index contributed by atoms with van der Waals surface area (Å²) in [6, 6.07) is 5.07. The molecule has 2 N–H and O–H groups in total. The number of para-hydroxylation sites is 1. The summed E-state index contributed by atoms with van der Waals surface area (Å²) in [5, 5.41) is 2.54. The molecule has 2 aromatic rings. The van der Waals surface area contributed by atoms with Gasteiger partial charge in [0.05, 0.1) is 14.9 Å². The molecule has 12 nitrogen and oxygen atoms in total. The Hall–Kier alpha value is -3.34. The van der Waals surface area contributed by atoms with Crippen molar-refractivity contribution in [2.24, 2.45) is 5.92 Å². The van der Waals surface area contributed by atoms with E-state index in [4.69, 9.17) is 11.6 Å². The van der Waals surface area contributed by atoms with Crippen molar-refractivity contribution < 1.29 is 41.1 Å². The van der Waals surface area contributed by atoms with Crippen LogP contribution in [0.3, 0.4) is 0 Å². The minimum absolute atomic E-state index is 0.00780. The fraction of sp³-hybridized carbons (Fsp3) is 0.500. The summed E-state index contributed by atoms with van der Waals surface area (Å²) < 4.78 is 62.1. The first-order valence-electron chi connectivity index (χ1n) is 14.5. The number of nitrogens with one attached hydrogen (secondary N) is 2. The van der Waals surface area contributed by atoms with E-state index < -0.39 is 51.7 Å². The summed E-state index contributed by atoms with van der Waals surface area (Å²) in [6.07, 6.45) is 3.02. The zero-order chi connectivity index (χ0) is 32.3. The highest BCUT2D eigenvalue weighted by Gasteiger charge is 2.38. The molecule has 1 atom stereocenters. The molecule has 2 saturated heterocycles. The lowest BCUT2D eigenvalue weighted by Crippen LogP contribution is -2.58. The van der Waals surface area contributed by atoms with E-state index in [1.807, 2.05) is 0 Å². The van der Waals surface area contributed by atoms with E-state index in [-0.39, 0.29) is 67.4 Å². The molecule has 244 valence electrons. The number of amides is 4.